The van der Waals surface area contributed by atoms with Crippen molar-refractivity contribution in [1.29, 1.82) is 0 Å². The number of hydrogen-bond acceptors (Lipinski definition) is 2. The summed E-state index contributed by atoms with van der Waals surface area (Å²) in [5, 5.41) is 0. The monoisotopic (exact) mass is 188 g/mol. The van der Waals surface area contributed by atoms with E-state index in [0.717, 1.165) is 13.2 Å². The van der Waals surface area contributed by atoms with E-state index < -0.39 is 0 Å². The highest BCUT2D eigenvalue weighted by Gasteiger charge is 2.13. The van der Waals surface area contributed by atoms with E-state index in [-0.39, 0.29) is 0 Å². The van der Waals surface area contributed by atoms with Crippen molar-refractivity contribution in [2.24, 2.45) is 11.8 Å². The summed E-state index contributed by atoms with van der Waals surface area (Å²) >= 11 is 0. The van der Waals surface area contributed by atoms with Gasteiger partial charge in [0.05, 0.1) is 0 Å². The molecule has 0 aliphatic carbocycles. The minimum absolute atomic E-state index is 0.699. The summed E-state index contributed by atoms with van der Waals surface area (Å²) in [5.74, 6) is 1.40. The van der Waals surface area contributed by atoms with Crippen LogP contribution in [0.4, 0.5) is 0 Å². The van der Waals surface area contributed by atoms with Gasteiger partial charge in [0.15, 0.2) is 0 Å². The second-order valence-electron chi connectivity index (χ2n) is 3.69. The zero-order chi connectivity index (χ0) is 10.1. The molecule has 2 unspecified atom stereocenters. The summed E-state index contributed by atoms with van der Waals surface area (Å²) in [6.07, 6.45) is 3.64. The van der Waals surface area contributed by atoms with Gasteiger partial charge in [0.1, 0.15) is 0 Å². The zero-order valence-electron chi connectivity index (χ0n) is 9.51. The van der Waals surface area contributed by atoms with Crippen LogP contribution in [-0.2, 0) is 9.47 Å². The van der Waals surface area contributed by atoms with Crippen LogP contribution in [0.3, 0.4) is 0 Å². The fraction of sp³-hybridized carbons (Fsp3) is 1.00. The molecule has 0 radical (unpaired) electrons. The Hall–Kier alpha value is -0.0800. The summed E-state index contributed by atoms with van der Waals surface area (Å²) in [6.45, 7) is 6.22. The smallest absolute Gasteiger partial charge is 0.0490 e. The molecular weight excluding hydrogens is 164 g/mol. The molecule has 0 rings (SSSR count). The maximum Gasteiger partial charge on any atom is 0.0490 e. The van der Waals surface area contributed by atoms with E-state index in [0.29, 0.717) is 11.8 Å². The van der Waals surface area contributed by atoms with Gasteiger partial charge in [-0.1, -0.05) is 26.7 Å². The van der Waals surface area contributed by atoms with Crippen molar-refractivity contribution < 1.29 is 9.47 Å². The van der Waals surface area contributed by atoms with E-state index in [1.54, 1.807) is 14.2 Å². The third-order valence-corrected chi connectivity index (χ3v) is 2.63. The summed E-state index contributed by atoms with van der Waals surface area (Å²) in [7, 11) is 3.56. The SMILES string of the molecule is CCC(COC)CC(CC)COC. The molecule has 0 aromatic rings. The molecule has 13 heavy (non-hydrogen) atoms. The van der Waals surface area contributed by atoms with Crippen LogP contribution in [0, 0.1) is 11.8 Å². The Kier molecular flexibility index (Phi) is 8.46. The van der Waals surface area contributed by atoms with Gasteiger partial charge in [0.2, 0.25) is 0 Å². The van der Waals surface area contributed by atoms with Gasteiger partial charge in [-0.05, 0) is 18.3 Å². The predicted octanol–water partition coefficient (Wildman–Crippen LogP) is 2.72. The second-order valence-corrected chi connectivity index (χ2v) is 3.69. The van der Waals surface area contributed by atoms with Crippen LogP contribution in [0.1, 0.15) is 33.1 Å². The molecule has 2 nitrogen and oxygen atoms in total. The molecule has 0 fully saturated rings. The normalized spacial score (nSPS) is 15.7. The Morgan fingerprint density at radius 2 is 1.23 bits per heavy atom. The van der Waals surface area contributed by atoms with Gasteiger partial charge in [0, 0.05) is 27.4 Å². The average molecular weight is 188 g/mol. The molecule has 80 valence electrons. The molecule has 0 aliphatic heterocycles. The van der Waals surface area contributed by atoms with Crippen molar-refractivity contribution >= 4 is 0 Å². The molecule has 0 aromatic heterocycles. The van der Waals surface area contributed by atoms with Gasteiger partial charge >= 0.3 is 0 Å². The molecule has 0 aliphatic rings. The van der Waals surface area contributed by atoms with Crippen molar-refractivity contribution in [2.45, 2.75) is 33.1 Å². The van der Waals surface area contributed by atoms with E-state index in [1.165, 1.54) is 19.3 Å². The molecule has 0 N–H and O–H groups in total. The van der Waals surface area contributed by atoms with E-state index >= 15 is 0 Å². The zero-order valence-corrected chi connectivity index (χ0v) is 9.51. The first-order valence-electron chi connectivity index (χ1n) is 5.26. The van der Waals surface area contributed by atoms with Gasteiger partial charge in [0.25, 0.3) is 0 Å². The number of methoxy groups -OCH3 is 2. The molecule has 0 aromatic carbocycles. The van der Waals surface area contributed by atoms with Gasteiger partial charge in [-0.2, -0.15) is 0 Å². The third kappa shape index (κ3) is 6.05. The van der Waals surface area contributed by atoms with Crippen molar-refractivity contribution in [3.05, 3.63) is 0 Å². The van der Waals surface area contributed by atoms with Crippen LogP contribution >= 0.6 is 0 Å². The number of rotatable bonds is 8. The van der Waals surface area contributed by atoms with Crippen molar-refractivity contribution in [3.8, 4) is 0 Å². The highest BCUT2D eigenvalue weighted by molar-refractivity contribution is 4.63. The Labute approximate surface area is 82.6 Å². The largest absolute Gasteiger partial charge is 0.384 e. The minimum atomic E-state index is 0.699. The van der Waals surface area contributed by atoms with Gasteiger partial charge in [-0.15, -0.1) is 0 Å². The quantitative estimate of drug-likeness (QED) is 0.583. The summed E-state index contributed by atoms with van der Waals surface area (Å²) in [5.41, 5.74) is 0. The van der Waals surface area contributed by atoms with Crippen LogP contribution in [0.5, 0.6) is 0 Å². The highest BCUT2D eigenvalue weighted by Crippen LogP contribution is 2.18. The lowest BCUT2D eigenvalue weighted by atomic mass is 9.92. The molecule has 0 saturated carbocycles. The first-order chi connectivity index (χ1) is 6.28. The third-order valence-electron chi connectivity index (χ3n) is 2.63. The first kappa shape index (κ1) is 12.9. The lowest BCUT2D eigenvalue weighted by molar-refractivity contribution is 0.102. The fourth-order valence-electron chi connectivity index (χ4n) is 1.65. The molecule has 2 heteroatoms. The van der Waals surface area contributed by atoms with E-state index in [2.05, 4.69) is 13.8 Å². The van der Waals surface area contributed by atoms with Crippen LogP contribution in [0.15, 0.2) is 0 Å². The molecule has 0 heterocycles. The van der Waals surface area contributed by atoms with E-state index in [1.807, 2.05) is 0 Å². The van der Waals surface area contributed by atoms with Gasteiger partial charge in [-0.3, -0.25) is 0 Å². The Morgan fingerprint density at radius 1 is 0.846 bits per heavy atom. The average Bonchev–Trinajstić information content (AvgIpc) is 2.16. The maximum absolute atomic E-state index is 5.18. The fourth-order valence-corrected chi connectivity index (χ4v) is 1.65. The molecule has 0 amide bonds. The summed E-state index contributed by atoms with van der Waals surface area (Å²) in [4.78, 5) is 0. The van der Waals surface area contributed by atoms with Crippen molar-refractivity contribution in [3.63, 3.8) is 0 Å². The topological polar surface area (TPSA) is 18.5 Å². The van der Waals surface area contributed by atoms with Crippen LogP contribution < -0.4 is 0 Å². The molecule has 0 saturated heterocycles. The van der Waals surface area contributed by atoms with Crippen LogP contribution in [0.2, 0.25) is 0 Å². The first-order valence-corrected chi connectivity index (χ1v) is 5.26. The van der Waals surface area contributed by atoms with Crippen molar-refractivity contribution in [2.75, 3.05) is 27.4 Å². The summed E-state index contributed by atoms with van der Waals surface area (Å²) in [6, 6.07) is 0. The molecule has 0 bridgehead atoms. The Morgan fingerprint density at radius 3 is 1.46 bits per heavy atom. The molecule has 2 atom stereocenters. The number of ether oxygens (including phenoxy) is 2. The maximum atomic E-state index is 5.18. The lowest BCUT2D eigenvalue weighted by Crippen LogP contribution is -2.16. The Bertz CT molecular complexity index is 92.3. The van der Waals surface area contributed by atoms with Gasteiger partial charge in [-0.25, -0.2) is 0 Å². The summed E-state index contributed by atoms with van der Waals surface area (Å²) < 4.78 is 10.4. The van der Waals surface area contributed by atoms with Crippen molar-refractivity contribution in [1.82, 2.24) is 0 Å². The van der Waals surface area contributed by atoms with Crippen LogP contribution in [0.25, 0.3) is 0 Å². The predicted molar refractivity (Wildman–Crippen MR) is 55.9 cm³/mol. The standard InChI is InChI=1S/C11H24O2/c1-5-10(8-12-3)7-11(6-2)9-13-4/h10-11H,5-9H2,1-4H3. The van der Waals surface area contributed by atoms with E-state index in [4.69, 9.17) is 9.47 Å². The molecule has 0 spiro atoms. The molecular formula is C11H24O2. The Balaban J connectivity index is 3.73. The minimum Gasteiger partial charge on any atom is -0.384 e. The van der Waals surface area contributed by atoms with Gasteiger partial charge < -0.3 is 9.47 Å². The highest BCUT2D eigenvalue weighted by atomic mass is 16.5. The van der Waals surface area contributed by atoms with E-state index in [9.17, 15) is 0 Å². The lowest BCUT2D eigenvalue weighted by Gasteiger charge is -2.20. The second kappa shape index (κ2) is 8.52. The van der Waals surface area contributed by atoms with Crippen LogP contribution in [-0.4, -0.2) is 27.4 Å². The number of hydrogen-bond donors (Lipinski definition) is 0.